The van der Waals surface area contributed by atoms with Crippen LogP contribution in [0.4, 0.5) is 0 Å². The lowest BCUT2D eigenvalue weighted by Crippen LogP contribution is -2.29. The molecule has 0 spiro atoms. The first-order chi connectivity index (χ1) is 25.3. The van der Waals surface area contributed by atoms with Gasteiger partial charge in [0.25, 0.3) is 0 Å². The summed E-state index contributed by atoms with van der Waals surface area (Å²) in [7, 11) is -4.78. The Morgan fingerprint density at radius 1 is 0.519 bits per heavy atom. The number of carbonyl (C=O) groups excluding carboxylic acids is 2. The number of rotatable bonds is 35. The molecule has 9 heteroatoms. The lowest BCUT2D eigenvalue weighted by molar-refractivity contribution is -0.161. The summed E-state index contributed by atoms with van der Waals surface area (Å²) in [6.45, 7) is 3.46. The molecule has 0 aliphatic carbocycles. The van der Waals surface area contributed by atoms with E-state index in [9.17, 15) is 14.2 Å². The van der Waals surface area contributed by atoms with Crippen molar-refractivity contribution >= 4 is 19.8 Å². The molecule has 0 aromatic rings. The summed E-state index contributed by atoms with van der Waals surface area (Å²) in [5.41, 5.74) is 0. The van der Waals surface area contributed by atoms with Crippen molar-refractivity contribution in [1.29, 1.82) is 0 Å². The molecule has 2 N–H and O–H groups in total. The van der Waals surface area contributed by atoms with Gasteiger partial charge in [-0.15, -0.1) is 0 Å². The molecule has 8 nitrogen and oxygen atoms in total. The van der Waals surface area contributed by atoms with Gasteiger partial charge in [0.1, 0.15) is 6.61 Å². The number of ether oxygens (including phenoxy) is 2. The number of carbonyl (C=O) groups is 2. The molecule has 0 aromatic heterocycles. The average Bonchev–Trinajstić information content (AvgIpc) is 3.11. The van der Waals surface area contributed by atoms with Gasteiger partial charge in [-0.3, -0.25) is 14.1 Å². The van der Waals surface area contributed by atoms with Crippen LogP contribution < -0.4 is 0 Å². The fourth-order valence-electron chi connectivity index (χ4n) is 5.00. The van der Waals surface area contributed by atoms with E-state index in [4.69, 9.17) is 19.3 Å². The minimum absolute atomic E-state index is 0.0758. The van der Waals surface area contributed by atoms with Gasteiger partial charge in [-0.25, -0.2) is 4.57 Å². The van der Waals surface area contributed by atoms with Crippen LogP contribution >= 0.6 is 7.82 Å². The summed E-state index contributed by atoms with van der Waals surface area (Å²) in [5, 5.41) is 0. The maximum absolute atomic E-state index is 12.3. The molecular weight excluding hydrogens is 675 g/mol. The molecule has 0 aliphatic heterocycles. The molecule has 0 rings (SSSR count). The molecule has 0 aromatic carbocycles. The van der Waals surface area contributed by atoms with Gasteiger partial charge in [0, 0.05) is 12.8 Å². The minimum atomic E-state index is -4.78. The molecule has 52 heavy (non-hydrogen) atoms. The normalized spacial score (nSPS) is 13.4. The third-order valence-electron chi connectivity index (χ3n) is 7.92. The van der Waals surface area contributed by atoms with Crippen molar-refractivity contribution in [2.75, 3.05) is 13.2 Å². The first-order valence-electron chi connectivity index (χ1n) is 19.9. The minimum Gasteiger partial charge on any atom is -0.462 e. The number of phosphoric acid groups is 1. The maximum Gasteiger partial charge on any atom is 0.469 e. The molecule has 0 fully saturated rings. The van der Waals surface area contributed by atoms with E-state index in [1.54, 1.807) is 0 Å². The molecule has 0 amide bonds. The standard InChI is InChI=1S/C43H71O8P/c1-3-5-7-9-11-13-15-17-19-20-21-22-24-26-28-30-32-34-36-38-43(45)51-41(40-50-52(46,47)48)39-49-42(44)37-35-33-31-29-27-25-23-18-16-14-12-10-8-6-4-2/h5,7,11,13,17,19,21-22,26,28,31-34,41H,3-4,6,8-10,12,14-16,18,20,23-25,27,29-30,35-40H2,1-2H3,(H2,46,47,48)/b7-5+,13-11+,19-17+,22-21+,28-26+,33-31+,34-32+/t41-/m1/s1. The van der Waals surface area contributed by atoms with Crippen molar-refractivity contribution in [2.24, 2.45) is 0 Å². The van der Waals surface area contributed by atoms with E-state index < -0.39 is 32.5 Å². The quantitative estimate of drug-likeness (QED) is 0.0285. The van der Waals surface area contributed by atoms with E-state index in [0.29, 0.717) is 12.8 Å². The zero-order chi connectivity index (χ0) is 38.2. The molecule has 296 valence electrons. The molecular formula is C43H71O8P. The summed E-state index contributed by atoms with van der Waals surface area (Å²) in [5.74, 6) is -1.05. The van der Waals surface area contributed by atoms with Crippen molar-refractivity contribution in [1.82, 2.24) is 0 Å². The number of allylic oxidation sites excluding steroid dienone is 14. The van der Waals surface area contributed by atoms with E-state index in [2.05, 4.69) is 85.2 Å². The Morgan fingerprint density at radius 2 is 0.923 bits per heavy atom. The average molecular weight is 747 g/mol. The van der Waals surface area contributed by atoms with Crippen LogP contribution in [0.1, 0.15) is 155 Å². The van der Waals surface area contributed by atoms with Gasteiger partial charge in [0.15, 0.2) is 6.10 Å². The smallest absolute Gasteiger partial charge is 0.462 e. The van der Waals surface area contributed by atoms with Crippen LogP contribution in [0.15, 0.2) is 85.1 Å². The van der Waals surface area contributed by atoms with E-state index in [1.807, 2.05) is 18.2 Å². The Labute approximate surface area is 316 Å². The van der Waals surface area contributed by atoms with Crippen LogP contribution in [0.3, 0.4) is 0 Å². The van der Waals surface area contributed by atoms with E-state index in [-0.39, 0.29) is 19.4 Å². The van der Waals surface area contributed by atoms with Gasteiger partial charge in [-0.05, 0) is 64.2 Å². The Balaban J connectivity index is 4.14. The summed E-state index contributed by atoms with van der Waals surface area (Å²) >= 11 is 0. The molecule has 0 aliphatic rings. The zero-order valence-corrected chi connectivity index (χ0v) is 33.3. The lowest BCUT2D eigenvalue weighted by atomic mass is 10.1. The van der Waals surface area contributed by atoms with Crippen LogP contribution in [0.25, 0.3) is 0 Å². The molecule has 1 atom stereocenters. The van der Waals surface area contributed by atoms with Crippen molar-refractivity contribution in [3.05, 3.63) is 85.1 Å². The monoisotopic (exact) mass is 746 g/mol. The summed E-state index contributed by atoms with van der Waals surface area (Å²) in [4.78, 5) is 42.7. The molecule has 0 bridgehead atoms. The second kappa shape index (κ2) is 38.0. The highest BCUT2D eigenvalue weighted by molar-refractivity contribution is 7.46. The van der Waals surface area contributed by atoms with Crippen LogP contribution in [-0.4, -0.2) is 41.0 Å². The molecule has 0 saturated heterocycles. The highest BCUT2D eigenvalue weighted by atomic mass is 31.2. The largest absolute Gasteiger partial charge is 0.469 e. The second-order valence-corrected chi connectivity index (χ2v) is 14.1. The SMILES string of the molecule is CC/C=C/C/C=C/C/C=C/C/C=C/C/C=C/C/C=C/CCC(=O)O[C@H](COC(=O)CC/C=C/CCCCCCCCCCCCC)COP(=O)(O)O. The Morgan fingerprint density at radius 3 is 1.40 bits per heavy atom. The van der Waals surface area contributed by atoms with Gasteiger partial charge in [0.2, 0.25) is 0 Å². The second-order valence-electron chi connectivity index (χ2n) is 12.9. The van der Waals surface area contributed by atoms with E-state index in [0.717, 1.165) is 51.4 Å². The summed E-state index contributed by atoms with van der Waals surface area (Å²) in [6.07, 6.45) is 50.4. The van der Waals surface area contributed by atoms with Crippen molar-refractivity contribution in [2.45, 2.75) is 161 Å². The Kier molecular flexibility index (Phi) is 35.9. The lowest BCUT2D eigenvalue weighted by Gasteiger charge is -2.18. The van der Waals surface area contributed by atoms with Crippen molar-refractivity contribution in [3.63, 3.8) is 0 Å². The third-order valence-corrected chi connectivity index (χ3v) is 8.41. The van der Waals surface area contributed by atoms with Crippen molar-refractivity contribution in [3.8, 4) is 0 Å². The first-order valence-corrected chi connectivity index (χ1v) is 21.4. The number of esters is 2. The van der Waals surface area contributed by atoms with Gasteiger partial charge in [-0.2, -0.15) is 0 Å². The Hall–Kier alpha value is -2.77. The predicted octanol–water partition coefficient (Wildman–Crippen LogP) is 12.1. The van der Waals surface area contributed by atoms with Crippen molar-refractivity contribution < 1.29 is 37.9 Å². The highest BCUT2D eigenvalue weighted by Crippen LogP contribution is 2.35. The number of unbranched alkanes of at least 4 members (excludes halogenated alkanes) is 11. The fourth-order valence-corrected chi connectivity index (χ4v) is 5.36. The molecule has 0 unspecified atom stereocenters. The van der Waals surface area contributed by atoms with Crippen LogP contribution in [0, 0.1) is 0 Å². The van der Waals surface area contributed by atoms with Gasteiger partial charge in [-0.1, -0.05) is 163 Å². The molecule has 0 heterocycles. The summed E-state index contributed by atoms with van der Waals surface area (Å²) in [6, 6.07) is 0. The molecule has 0 saturated carbocycles. The van der Waals surface area contributed by atoms with E-state index >= 15 is 0 Å². The number of hydrogen-bond donors (Lipinski definition) is 2. The topological polar surface area (TPSA) is 119 Å². The van der Waals surface area contributed by atoms with Crippen LogP contribution in [-0.2, 0) is 28.2 Å². The fraction of sp³-hybridized carbons (Fsp3) is 0.628. The van der Waals surface area contributed by atoms with Gasteiger partial charge in [0.05, 0.1) is 6.61 Å². The highest BCUT2D eigenvalue weighted by Gasteiger charge is 2.22. The van der Waals surface area contributed by atoms with E-state index in [1.165, 1.54) is 64.2 Å². The van der Waals surface area contributed by atoms with Gasteiger partial charge >= 0.3 is 19.8 Å². The van der Waals surface area contributed by atoms with Crippen LogP contribution in [0.5, 0.6) is 0 Å². The number of phosphoric ester groups is 1. The molecule has 0 radical (unpaired) electrons. The maximum atomic E-state index is 12.3. The first kappa shape index (κ1) is 49.2. The van der Waals surface area contributed by atoms with Gasteiger partial charge < -0.3 is 19.3 Å². The Bertz CT molecular complexity index is 1110. The summed E-state index contributed by atoms with van der Waals surface area (Å²) < 4.78 is 26.2. The third kappa shape index (κ3) is 40.0. The van der Waals surface area contributed by atoms with Crippen LogP contribution in [0.2, 0.25) is 0 Å². The predicted molar refractivity (Wildman–Crippen MR) is 216 cm³/mol. The number of hydrogen-bond acceptors (Lipinski definition) is 6. The zero-order valence-electron chi connectivity index (χ0n) is 32.4.